The largest absolute Gasteiger partial charge is 0.504 e. The second kappa shape index (κ2) is 4.19. The van der Waals surface area contributed by atoms with Crippen molar-refractivity contribution in [3.8, 4) is 11.5 Å². The summed E-state index contributed by atoms with van der Waals surface area (Å²) in [6.07, 6.45) is 1.14. The number of phenolic OH excluding ortho intramolecular Hbond substituents is 1. The average Bonchev–Trinajstić information content (AvgIpc) is 3.10. The fraction of sp³-hybridized carbons (Fsp3) is 0.500. The first-order valence-corrected chi connectivity index (χ1v) is 6.07. The van der Waals surface area contributed by atoms with E-state index in [1.165, 1.54) is 7.11 Å². The van der Waals surface area contributed by atoms with Crippen molar-refractivity contribution in [1.82, 2.24) is 0 Å². The van der Waals surface area contributed by atoms with E-state index in [2.05, 4.69) is 0 Å². The summed E-state index contributed by atoms with van der Waals surface area (Å²) in [6.45, 7) is 4.05. The van der Waals surface area contributed by atoms with Gasteiger partial charge in [0.1, 0.15) is 0 Å². The lowest BCUT2D eigenvalue weighted by atomic mass is 9.90. The average molecular weight is 250 g/mol. The van der Waals surface area contributed by atoms with E-state index in [9.17, 15) is 15.0 Å². The molecular formula is C14H18O4. The van der Waals surface area contributed by atoms with Crippen molar-refractivity contribution in [1.29, 1.82) is 0 Å². The van der Waals surface area contributed by atoms with E-state index in [-0.39, 0.29) is 11.7 Å². The number of hydrogen-bond acceptors (Lipinski definition) is 3. The standard InChI is InChI=1S/C14H18O4/c1-8(2)9-6-10(12(15)11(7-9)18-3)14(4-5-14)13(16)17/h6-8,15H,4-5H2,1-3H3,(H,16,17). The van der Waals surface area contributed by atoms with Gasteiger partial charge in [-0.05, 0) is 30.4 Å². The molecule has 1 aromatic rings. The Bertz CT molecular complexity index is 487. The molecule has 1 saturated carbocycles. The Kier molecular flexibility index (Phi) is 2.97. The van der Waals surface area contributed by atoms with E-state index in [0.717, 1.165) is 5.56 Å². The molecule has 2 rings (SSSR count). The summed E-state index contributed by atoms with van der Waals surface area (Å²) in [4.78, 5) is 11.4. The van der Waals surface area contributed by atoms with Crippen LogP contribution in [0.25, 0.3) is 0 Å². The lowest BCUT2D eigenvalue weighted by Crippen LogP contribution is -2.20. The summed E-state index contributed by atoms with van der Waals surface area (Å²) in [6, 6.07) is 3.56. The van der Waals surface area contributed by atoms with Gasteiger partial charge in [-0.25, -0.2) is 0 Å². The number of carbonyl (C=O) groups is 1. The molecular weight excluding hydrogens is 232 g/mol. The minimum Gasteiger partial charge on any atom is -0.504 e. The van der Waals surface area contributed by atoms with Crippen LogP contribution in [0.5, 0.6) is 11.5 Å². The number of phenols is 1. The van der Waals surface area contributed by atoms with Crippen molar-refractivity contribution in [3.63, 3.8) is 0 Å². The fourth-order valence-electron chi connectivity index (χ4n) is 2.21. The highest BCUT2D eigenvalue weighted by molar-refractivity contribution is 5.86. The van der Waals surface area contributed by atoms with Gasteiger partial charge in [0.25, 0.3) is 0 Å². The number of aromatic hydroxyl groups is 1. The van der Waals surface area contributed by atoms with Gasteiger partial charge in [0.15, 0.2) is 11.5 Å². The molecule has 0 atom stereocenters. The third kappa shape index (κ3) is 1.82. The van der Waals surface area contributed by atoms with Crippen molar-refractivity contribution >= 4 is 5.97 Å². The first-order chi connectivity index (χ1) is 8.42. The van der Waals surface area contributed by atoms with Crippen LogP contribution in [0.1, 0.15) is 43.7 Å². The molecule has 0 bridgehead atoms. The van der Waals surface area contributed by atoms with Crippen LogP contribution >= 0.6 is 0 Å². The van der Waals surface area contributed by atoms with Crippen molar-refractivity contribution in [3.05, 3.63) is 23.3 Å². The Hall–Kier alpha value is -1.71. The van der Waals surface area contributed by atoms with Gasteiger partial charge in [-0.1, -0.05) is 19.9 Å². The van der Waals surface area contributed by atoms with E-state index in [1.807, 2.05) is 13.8 Å². The summed E-state index contributed by atoms with van der Waals surface area (Å²) in [5.74, 6) is -0.311. The van der Waals surface area contributed by atoms with E-state index in [4.69, 9.17) is 4.74 Å². The number of rotatable bonds is 4. The molecule has 0 amide bonds. The van der Waals surface area contributed by atoms with Gasteiger partial charge in [-0.2, -0.15) is 0 Å². The minimum atomic E-state index is -0.914. The second-order valence-electron chi connectivity index (χ2n) is 5.16. The Morgan fingerprint density at radius 2 is 2.00 bits per heavy atom. The highest BCUT2D eigenvalue weighted by Gasteiger charge is 2.53. The van der Waals surface area contributed by atoms with E-state index >= 15 is 0 Å². The monoisotopic (exact) mass is 250 g/mol. The van der Waals surface area contributed by atoms with Crippen LogP contribution in [0.4, 0.5) is 0 Å². The van der Waals surface area contributed by atoms with Crippen molar-refractivity contribution in [2.45, 2.75) is 38.0 Å². The van der Waals surface area contributed by atoms with Crippen LogP contribution in [0.2, 0.25) is 0 Å². The van der Waals surface area contributed by atoms with Crippen LogP contribution in [-0.4, -0.2) is 23.3 Å². The maximum absolute atomic E-state index is 11.4. The molecule has 0 radical (unpaired) electrons. The summed E-state index contributed by atoms with van der Waals surface area (Å²) in [5, 5.41) is 19.5. The third-order valence-electron chi connectivity index (χ3n) is 3.66. The maximum atomic E-state index is 11.4. The fourth-order valence-corrected chi connectivity index (χ4v) is 2.21. The van der Waals surface area contributed by atoms with E-state index in [0.29, 0.717) is 24.2 Å². The topological polar surface area (TPSA) is 66.8 Å². The predicted molar refractivity (Wildman–Crippen MR) is 67.3 cm³/mol. The number of aliphatic carboxylic acids is 1. The zero-order valence-corrected chi connectivity index (χ0v) is 10.9. The molecule has 0 aromatic heterocycles. The summed E-state index contributed by atoms with van der Waals surface area (Å²) in [7, 11) is 1.48. The number of benzene rings is 1. The molecule has 1 aromatic carbocycles. The highest BCUT2D eigenvalue weighted by atomic mass is 16.5. The summed E-state index contributed by atoms with van der Waals surface area (Å²) >= 11 is 0. The lowest BCUT2D eigenvalue weighted by molar-refractivity contribution is -0.140. The molecule has 98 valence electrons. The molecule has 1 aliphatic rings. The molecule has 1 fully saturated rings. The summed E-state index contributed by atoms with van der Waals surface area (Å²) in [5.41, 5.74) is 0.549. The van der Waals surface area contributed by atoms with Gasteiger partial charge in [0, 0.05) is 5.56 Å². The van der Waals surface area contributed by atoms with E-state index in [1.54, 1.807) is 12.1 Å². The van der Waals surface area contributed by atoms with Gasteiger partial charge in [0.05, 0.1) is 12.5 Å². The molecule has 0 heterocycles. The SMILES string of the molecule is COc1cc(C(C)C)cc(C2(C(=O)O)CC2)c1O. The van der Waals surface area contributed by atoms with Crippen molar-refractivity contribution < 1.29 is 19.7 Å². The quantitative estimate of drug-likeness (QED) is 0.862. The van der Waals surface area contributed by atoms with Gasteiger partial charge in [-0.15, -0.1) is 0 Å². The Morgan fingerprint density at radius 1 is 1.39 bits per heavy atom. The van der Waals surface area contributed by atoms with Crippen LogP contribution < -0.4 is 4.74 Å². The summed E-state index contributed by atoms with van der Waals surface area (Å²) < 4.78 is 5.14. The van der Waals surface area contributed by atoms with Crippen molar-refractivity contribution in [2.24, 2.45) is 0 Å². The lowest BCUT2D eigenvalue weighted by Gasteiger charge is -2.18. The van der Waals surface area contributed by atoms with E-state index < -0.39 is 11.4 Å². The molecule has 1 aliphatic carbocycles. The third-order valence-corrected chi connectivity index (χ3v) is 3.66. The van der Waals surface area contributed by atoms with Crippen LogP contribution in [0, 0.1) is 0 Å². The van der Waals surface area contributed by atoms with Crippen LogP contribution in [0.15, 0.2) is 12.1 Å². The normalized spacial score (nSPS) is 16.7. The smallest absolute Gasteiger partial charge is 0.314 e. The number of ether oxygens (including phenoxy) is 1. The molecule has 2 N–H and O–H groups in total. The maximum Gasteiger partial charge on any atom is 0.314 e. The Morgan fingerprint density at radius 3 is 2.39 bits per heavy atom. The van der Waals surface area contributed by atoms with Crippen LogP contribution in [0.3, 0.4) is 0 Å². The molecule has 0 unspecified atom stereocenters. The second-order valence-corrected chi connectivity index (χ2v) is 5.16. The molecule has 18 heavy (non-hydrogen) atoms. The first kappa shape index (κ1) is 12.7. The molecule has 4 nitrogen and oxygen atoms in total. The Balaban J connectivity index is 2.59. The van der Waals surface area contributed by atoms with Gasteiger partial charge < -0.3 is 14.9 Å². The number of methoxy groups -OCH3 is 1. The number of hydrogen-bond donors (Lipinski definition) is 2. The predicted octanol–water partition coefficient (Wildman–Crippen LogP) is 2.64. The van der Waals surface area contributed by atoms with Gasteiger partial charge in [-0.3, -0.25) is 4.79 Å². The zero-order valence-electron chi connectivity index (χ0n) is 10.9. The molecule has 4 heteroatoms. The van der Waals surface area contributed by atoms with Gasteiger partial charge in [0.2, 0.25) is 0 Å². The Labute approximate surface area is 106 Å². The highest BCUT2D eigenvalue weighted by Crippen LogP contribution is 2.53. The minimum absolute atomic E-state index is 0.0400. The number of carboxylic acid groups (broad SMARTS) is 1. The molecule has 0 spiro atoms. The van der Waals surface area contributed by atoms with Crippen LogP contribution in [-0.2, 0) is 10.2 Å². The van der Waals surface area contributed by atoms with Gasteiger partial charge >= 0.3 is 5.97 Å². The zero-order chi connectivity index (χ0) is 13.5. The van der Waals surface area contributed by atoms with Crippen molar-refractivity contribution in [2.75, 3.05) is 7.11 Å². The number of carboxylic acids is 1. The first-order valence-electron chi connectivity index (χ1n) is 6.07. The molecule has 0 aliphatic heterocycles. The molecule has 0 saturated heterocycles.